The molecule has 26 heavy (non-hydrogen) atoms. The highest BCUT2D eigenvalue weighted by molar-refractivity contribution is 6.04. The monoisotopic (exact) mass is 369 g/mol. The van der Waals surface area contributed by atoms with Crippen LogP contribution in [0.2, 0.25) is 0 Å². The standard InChI is InChI=1S/C18H22F3N3O2/c1-2-9-22-17(26)14-5-3-4-6-15(14)23-16(25)13-7-10-24(11-8-13)12-18(19,20)21/h2-6,13H,1,7-12H2,(H,22,26)(H,23,25). The number of carbonyl (C=O) groups is 2. The molecule has 1 fully saturated rings. The van der Waals surface area contributed by atoms with E-state index < -0.39 is 12.7 Å². The van der Waals surface area contributed by atoms with Crippen LogP contribution in [0, 0.1) is 5.92 Å². The van der Waals surface area contributed by atoms with Crippen molar-refractivity contribution in [3.05, 3.63) is 42.5 Å². The molecule has 5 nitrogen and oxygen atoms in total. The molecular formula is C18H22F3N3O2. The largest absolute Gasteiger partial charge is 0.401 e. The molecule has 1 saturated heterocycles. The quantitative estimate of drug-likeness (QED) is 0.758. The number of amides is 2. The zero-order valence-corrected chi connectivity index (χ0v) is 14.3. The molecule has 142 valence electrons. The van der Waals surface area contributed by atoms with E-state index in [1.807, 2.05) is 0 Å². The lowest BCUT2D eigenvalue weighted by molar-refractivity contribution is -0.149. The van der Waals surface area contributed by atoms with Crippen LogP contribution in [0.25, 0.3) is 0 Å². The van der Waals surface area contributed by atoms with Crippen LogP contribution < -0.4 is 10.6 Å². The molecule has 0 radical (unpaired) electrons. The average molecular weight is 369 g/mol. The van der Waals surface area contributed by atoms with Crippen LogP contribution in [0.5, 0.6) is 0 Å². The van der Waals surface area contributed by atoms with Crippen LogP contribution in [-0.4, -0.2) is 49.1 Å². The van der Waals surface area contributed by atoms with Crippen molar-refractivity contribution >= 4 is 17.5 Å². The van der Waals surface area contributed by atoms with Crippen LogP contribution in [0.4, 0.5) is 18.9 Å². The van der Waals surface area contributed by atoms with E-state index in [2.05, 4.69) is 17.2 Å². The van der Waals surface area contributed by atoms with Gasteiger partial charge in [0.05, 0.1) is 17.8 Å². The highest BCUT2D eigenvalue weighted by atomic mass is 19.4. The number of rotatable bonds is 6. The molecule has 2 rings (SSSR count). The molecule has 0 saturated carbocycles. The predicted octanol–water partition coefficient (Wildman–Crippen LogP) is 2.82. The van der Waals surface area contributed by atoms with E-state index in [-0.39, 0.29) is 30.8 Å². The summed E-state index contributed by atoms with van der Waals surface area (Å²) in [6.07, 6.45) is -1.97. The lowest BCUT2D eigenvalue weighted by Crippen LogP contribution is -2.42. The van der Waals surface area contributed by atoms with E-state index in [0.29, 0.717) is 30.6 Å². The van der Waals surface area contributed by atoms with Gasteiger partial charge in [-0.3, -0.25) is 14.5 Å². The first-order chi connectivity index (χ1) is 12.3. The van der Waals surface area contributed by atoms with Crippen molar-refractivity contribution in [3.63, 3.8) is 0 Å². The number of benzene rings is 1. The van der Waals surface area contributed by atoms with Gasteiger partial charge in [0.2, 0.25) is 5.91 Å². The first-order valence-electron chi connectivity index (χ1n) is 8.38. The highest BCUT2D eigenvalue weighted by Gasteiger charge is 2.34. The van der Waals surface area contributed by atoms with Gasteiger partial charge in [-0.2, -0.15) is 13.2 Å². The highest BCUT2D eigenvalue weighted by Crippen LogP contribution is 2.24. The maximum atomic E-state index is 12.4. The molecule has 2 amide bonds. The van der Waals surface area contributed by atoms with Crippen molar-refractivity contribution in [2.24, 2.45) is 5.92 Å². The summed E-state index contributed by atoms with van der Waals surface area (Å²) < 4.78 is 37.3. The van der Waals surface area contributed by atoms with Gasteiger partial charge in [0.25, 0.3) is 5.91 Å². The van der Waals surface area contributed by atoms with Gasteiger partial charge in [0.15, 0.2) is 0 Å². The zero-order chi connectivity index (χ0) is 19.2. The van der Waals surface area contributed by atoms with Gasteiger partial charge in [0.1, 0.15) is 0 Å². The SMILES string of the molecule is C=CCNC(=O)c1ccccc1NC(=O)C1CCN(CC(F)(F)F)CC1. The third-order valence-electron chi connectivity index (χ3n) is 4.20. The lowest BCUT2D eigenvalue weighted by atomic mass is 9.95. The normalized spacial score (nSPS) is 16.1. The Morgan fingerprint density at radius 1 is 1.23 bits per heavy atom. The van der Waals surface area contributed by atoms with Gasteiger partial charge in [-0.05, 0) is 38.1 Å². The number of piperidine rings is 1. The van der Waals surface area contributed by atoms with Gasteiger partial charge < -0.3 is 10.6 Å². The third-order valence-corrected chi connectivity index (χ3v) is 4.20. The van der Waals surface area contributed by atoms with E-state index in [9.17, 15) is 22.8 Å². The summed E-state index contributed by atoms with van der Waals surface area (Å²) in [6, 6.07) is 6.61. The number of likely N-dealkylation sites (tertiary alicyclic amines) is 1. The first kappa shape index (κ1) is 20.0. The third kappa shape index (κ3) is 5.87. The number of carbonyl (C=O) groups excluding carboxylic acids is 2. The van der Waals surface area contributed by atoms with Crippen molar-refractivity contribution in [2.45, 2.75) is 19.0 Å². The van der Waals surface area contributed by atoms with Crippen LogP contribution in [0.1, 0.15) is 23.2 Å². The number of para-hydroxylation sites is 1. The van der Waals surface area contributed by atoms with Crippen LogP contribution >= 0.6 is 0 Å². The lowest BCUT2D eigenvalue weighted by Gasteiger charge is -2.31. The number of nitrogens with one attached hydrogen (secondary N) is 2. The van der Waals surface area contributed by atoms with E-state index >= 15 is 0 Å². The summed E-state index contributed by atoms with van der Waals surface area (Å²) in [5.41, 5.74) is 0.717. The second kappa shape index (κ2) is 8.84. The Morgan fingerprint density at radius 3 is 2.50 bits per heavy atom. The molecule has 1 aromatic carbocycles. The number of hydrogen-bond donors (Lipinski definition) is 2. The smallest absolute Gasteiger partial charge is 0.349 e. The van der Waals surface area contributed by atoms with Crippen molar-refractivity contribution in [1.29, 1.82) is 0 Å². The Labute approximate surface area is 150 Å². The Bertz CT molecular complexity index is 653. The Balaban J connectivity index is 1.94. The van der Waals surface area contributed by atoms with Crippen LogP contribution in [0.15, 0.2) is 36.9 Å². The zero-order valence-electron chi connectivity index (χ0n) is 14.3. The molecule has 0 spiro atoms. The molecule has 1 aromatic rings. The fourth-order valence-electron chi connectivity index (χ4n) is 2.89. The molecule has 8 heteroatoms. The minimum Gasteiger partial charge on any atom is -0.349 e. The number of anilines is 1. The van der Waals surface area contributed by atoms with E-state index in [1.54, 1.807) is 30.3 Å². The number of halogens is 3. The van der Waals surface area contributed by atoms with Gasteiger partial charge in [-0.15, -0.1) is 6.58 Å². The van der Waals surface area contributed by atoms with Crippen molar-refractivity contribution in [1.82, 2.24) is 10.2 Å². The molecule has 0 aromatic heterocycles. The fraction of sp³-hybridized carbons (Fsp3) is 0.444. The Kier molecular flexibility index (Phi) is 6.79. The topological polar surface area (TPSA) is 61.4 Å². The second-order valence-electron chi connectivity index (χ2n) is 6.20. The molecule has 1 heterocycles. The summed E-state index contributed by atoms with van der Waals surface area (Å²) in [6.45, 7) is 3.32. The molecule has 2 N–H and O–H groups in total. The summed E-state index contributed by atoms with van der Waals surface area (Å²) >= 11 is 0. The van der Waals surface area contributed by atoms with Crippen molar-refractivity contribution in [3.8, 4) is 0 Å². The molecule has 0 atom stereocenters. The minimum absolute atomic E-state index is 0.221. The maximum absolute atomic E-state index is 12.4. The van der Waals surface area contributed by atoms with E-state index in [1.165, 1.54) is 4.90 Å². The summed E-state index contributed by atoms with van der Waals surface area (Å²) in [7, 11) is 0. The summed E-state index contributed by atoms with van der Waals surface area (Å²) in [5, 5.41) is 5.38. The molecule has 1 aliphatic heterocycles. The molecule has 0 unspecified atom stereocenters. The summed E-state index contributed by atoms with van der Waals surface area (Å²) in [4.78, 5) is 25.9. The molecule has 1 aliphatic rings. The van der Waals surface area contributed by atoms with Crippen LogP contribution in [-0.2, 0) is 4.79 Å². The minimum atomic E-state index is -4.23. The van der Waals surface area contributed by atoms with Gasteiger partial charge in [-0.1, -0.05) is 18.2 Å². The molecule has 0 bridgehead atoms. The van der Waals surface area contributed by atoms with Crippen molar-refractivity contribution < 1.29 is 22.8 Å². The first-order valence-corrected chi connectivity index (χ1v) is 8.38. The predicted molar refractivity (Wildman–Crippen MR) is 92.8 cm³/mol. The average Bonchev–Trinajstić information content (AvgIpc) is 2.59. The van der Waals surface area contributed by atoms with Crippen molar-refractivity contribution in [2.75, 3.05) is 31.5 Å². The maximum Gasteiger partial charge on any atom is 0.401 e. The Morgan fingerprint density at radius 2 is 1.88 bits per heavy atom. The number of nitrogens with zero attached hydrogens (tertiary/aromatic N) is 1. The molecule has 0 aliphatic carbocycles. The van der Waals surface area contributed by atoms with Crippen LogP contribution in [0.3, 0.4) is 0 Å². The second-order valence-corrected chi connectivity index (χ2v) is 6.20. The fourth-order valence-corrected chi connectivity index (χ4v) is 2.89. The number of hydrogen-bond acceptors (Lipinski definition) is 3. The molecular weight excluding hydrogens is 347 g/mol. The van der Waals surface area contributed by atoms with E-state index in [0.717, 1.165) is 0 Å². The number of alkyl halides is 3. The van der Waals surface area contributed by atoms with Gasteiger partial charge >= 0.3 is 6.18 Å². The van der Waals surface area contributed by atoms with E-state index in [4.69, 9.17) is 0 Å². The van der Waals surface area contributed by atoms with Gasteiger partial charge in [0, 0.05) is 12.5 Å². The summed E-state index contributed by atoms with van der Waals surface area (Å²) in [5.74, 6) is -0.981. The van der Waals surface area contributed by atoms with Gasteiger partial charge in [-0.25, -0.2) is 0 Å². The Hall–Kier alpha value is -2.35.